The maximum atomic E-state index is 14.7. The number of nitrogens with zero attached hydrogens (tertiary/aromatic N) is 1. The fourth-order valence-electron chi connectivity index (χ4n) is 2.30. The first-order valence-electron chi connectivity index (χ1n) is 5.58. The molecule has 2 N–H and O–H groups in total. The van der Waals surface area contributed by atoms with Crippen LogP contribution in [0.1, 0.15) is 28.8 Å². The van der Waals surface area contributed by atoms with Crippen LogP contribution in [0.5, 0.6) is 5.06 Å². The van der Waals surface area contributed by atoms with Crippen molar-refractivity contribution in [3.63, 3.8) is 0 Å². The van der Waals surface area contributed by atoms with Crippen LogP contribution in [0, 0.1) is 0 Å². The molecule has 100 valence electrons. The van der Waals surface area contributed by atoms with Crippen LogP contribution in [0.15, 0.2) is 5.38 Å². The maximum Gasteiger partial charge on any atom is 0.285 e. The molecule has 2 aliphatic heterocycles. The number of amides is 3. The van der Waals surface area contributed by atoms with E-state index in [4.69, 9.17) is 0 Å². The van der Waals surface area contributed by atoms with E-state index in [0.29, 0.717) is 5.56 Å². The molecule has 0 radical (unpaired) electrons. The van der Waals surface area contributed by atoms with Crippen molar-refractivity contribution in [2.75, 3.05) is 0 Å². The van der Waals surface area contributed by atoms with Gasteiger partial charge in [0, 0.05) is 23.8 Å². The summed E-state index contributed by atoms with van der Waals surface area (Å²) in [5.74, 6) is -4.85. The number of hydrogen-bond acceptors (Lipinski definition) is 5. The topological polar surface area (TPSA) is 86.7 Å². The Kier molecular flexibility index (Phi) is 2.40. The van der Waals surface area contributed by atoms with Crippen molar-refractivity contribution in [1.29, 1.82) is 0 Å². The smallest absolute Gasteiger partial charge is 0.285 e. The number of piperidine rings is 1. The minimum absolute atomic E-state index is 0.0539. The number of halogens is 1. The molecular formula is C11H9FN2O4S. The minimum atomic E-state index is -2.53. The standard InChI is InChI=1S/C11H9FN2O4S/c12-11(2-1-7(15)13-10(11)18)14-3-5-6(8(14)16)4-19-9(5)17/h4,17H,1-3H2,(H,13,15,18)/t11-/m0/s1. The van der Waals surface area contributed by atoms with Crippen LogP contribution in [0.25, 0.3) is 0 Å². The van der Waals surface area contributed by atoms with Gasteiger partial charge in [-0.3, -0.25) is 24.6 Å². The highest BCUT2D eigenvalue weighted by molar-refractivity contribution is 7.12. The van der Waals surface area contributed by atoms with E-state index in [1.807, 2.05) is 5.32 Å². The normalized spacial score (nSPS) is 26.6. The van der Waals surface area contributed by atoms with Crippen molar-refractivity contribution in [3.05, 3.63) is 16.5 Å². The number of nitrogens with one attached hydrogen (secondary N) is 1. The molecule has 0 spiro atoms. The second-order valence-electron chi connectivity index (χ2n) is 4.46. The molecule has 1 saturated heterocycles. The molecule has 8 heteroatoms. The number of hydrogen-bond donors (Lipinski definition) is 2. The molecule has 3 amide bonds. The molecule has 3 heterocycles. The number of thiophene rings is 1. The van der Waals surface area contributed by atoms with E-state index in [1.165, 1.54) is 5.38 Å². The zero-order chi connectivity index (χ0) is 13.8. The summed E-state index contributed by atoms with van der Waals surface area (Å²) in [6.07, 6.45) is -0.525. The molecular weight excluding hydrogens is 275 g/mol. The molecule has 0 bridgehead atoms. The summed E-state index contributed by atoms with van der Waals surface area (Å²) in [7, 11) is 0. The van der Waals surface area contributed by atoms with Crippen molar-refractivity contribution < 1.29 is 23.9 Å². The lowest BCUT2D eigenvalue weighted by Gasteiger charge is -2.35. The van der Waals surface area contributed by atoms with Gasteiger partial charge in [-0.15, -0.1) is 11.3 Å². The Hall–Kier alpha value is -1.96. The molecule has 19 heavy (non-hydrogen) atoms. The molecule has 1 aromatic rings. The molecule has 0 saturated carbocycles. The Morgan fingerprint density at radius 2 is 2.16 bits per heavy atom. The average molecular weight is 284 g/mol. The fraction of sp³-hybridized carbons (Fsp3) is 0.364. The van der Waals surface area contributed by atoms with Crippen molar-refractivity contribution >= 4 is 29.1 Å². The third-order valence-corrected chi connectivity index (χ3v) is 4.20. The van der Waals surface area contributed by atoms with Gasteiger partial charge < -0.3 is 5.11 Å². The summed E-state index contributed by atoms with van der Waals surface area (Å²) in [4.78, 5) is 35.5. The van der Waals surface area contributed by atoms with E-state index in [9.17, 15) is 23.9 Å². The second kappa shape index (κ2) is 3.77. The Morgan fingerprint density at radius 1 is 1.42 bits per heavy atom. The predicted octanol–water partition coefficient (Wildman–Crippen LogP) is 0.512. The Labute approximate surface area is 110 Å². The lowest BCUT2D eigenvalue weighted by atomic mass is 10.0. The number of fused-ring (bicyclic) bond motifs is 1. The summed E-state index contributed by atoms with van der Waals surface area (Å²) in [5, 5.41) is 12.8. The highest BCUT2D eigenvalue weighted by atomic mass is 32.1. The number of imide groups is 1. The minimum Gasteiger partial charge on any atom is -0.499 e. The van der Waals surface area contributed by atoms with Gasteiger partial charge in [0.2, 0.25) is 5.91 Å². The number of alkyl halides is 1. The van der Waals surface area contributed by atoms with Crippen LogP contribution in [-0.4, -0.2) is 33.5 Å². The van der Waals surface area contributed by atoms with Gasteiger partial charge in [-0.05, 0) is 0 Å². The lowest BCUT2D eigenvalue weighted by Crippen LogP contribution is -2.60. The summed E-state index contributed by atoms with van der Waals surface area (Å²) >= 11 is 0.990. The van der Waals surface area contributed by atoms with Gasteiger partial charge in [-0.2, -0.15) is 0 Å². The number of aromatic hydroxyl groups is 1. The first-order valence-corrected chi connectivity index (χ1v) is 6.46. The summed E-state index contributed by atoms with van der Waals surface area (Å²) in [6, 6.07) is 0. The van der Waals surface area contributed by atoms with E-state index in [-0.39, 0.29) is 30.0 Å². The third kappa shape index (κ3) is 1.56. The van der Waals surface area contributed by atoms with Crippen molar-refractivity contribution in [3.8, 4) is 5.06 Å². The van der Waals surface area contributed by atoms with Crippen molar-refractivity contribution in [2.24, 2.45) is 0 Å². The largest absolute Gasteiger partial charge is 0.499 e. The Balaban J connectivity index is 1.94. The molecule has 2 aliphatic rings. The molecule has 0 aliphatic carbocycles. The fourth-order valence-corrected chi connectivity index (χ4v) is 3.09. The summed E-state index contributed by atoms with van der Waals surface area (Å²) in [6.45, 7) is -0.165. The molecule has 1 aromatic heterocycles. The molecule has 1 atom stereocenters. The zero-order valence-corrected chi connectivity index (χ0v) is 10.4. The van der Waals surface area contributed by atoms with Gasteiger partial charge >= 0.3 is 0 Å². The number of carbonyl (C=O) groups excluding carboxylic acids is 3. The van der Waals surface area contributed by atoms with Gasteiger partial charge in [0.25, 0.3) is 17.6 Å². The zero-order valence-electron chi connectivity index (χ0n) is 9.60. The Bertz CT molecular complexity index is 614. The quantitative estimate of drug-likeness (QED) is 0.581. The summed E-state index contributed by atoms with van der Waals surface area (Å²) in [5.41, 5.74) is 0.543. The molecule has 0 unspecified atom stereocenters. The second-order valence-corrected chi connectivity index (χ2v) is 5.32. The van der Waals surface area contributed by atoms with Crippen LogP contribution in [0.2, 0.25) is 0 Å². The Morgan fingerprint density at radius 3 is 2.79 bits per heavy atom. The number of carbonyl (C=O) groups is 3. The van der Waals surface area contributed by atoms with E-state index < -0.39 is 23.5 Å². The van der Waals surface area contributed by atoms with Crippen molar-refractivity contribution in [1.82, 2.24) is 10.2 Å². The van der Waals surface area contributed by atoms with Gasteiger partial charge in [0.1, 0.15) is 0 Å². The average Bonchev–Trinajstić information content (AvgIpc) is 2.87. The molecule has 6 nitrogen and oxygen atoms in total. The van der Waals surface area contributed by atoms with Gasteiger partial charge in [-0.25, -0.2) is 4.39 Å². The van der Waals surface area contributed by atoms with Gasteiger partial charge in [0.05, 0.1) is 12.1 Å². The predicted molar refractivity (Wildman–Crippen MR) is 62.1 cm³/mol. The molecule has 0 aromatic carbocycles. The number of rotatable bonds is 1. The highest BCUT2D eigenvalue weighted by Gasteiger charge is 2.53. The molecule has 3 rings (SSSR count). The molecule has 1 fully saturated rings. The van der Waals surface area contributed by atoms with Crippen molar-refractivity contribution in [2.45, 2.75) is 25.2 Å². The monoisotopic (exact) mass is 284 g/mol. The van der Waals surface area contributed by atoms with Gasteiger partial charge in [0.15, 0.2) is 5.06 Å². The highest BCUT2D eigenvalue weighted by Crippen LogP contribution is 2.41. The van der Waals surface area contributed by atoms with E-state index >= 15 is 0 Å². The summed E-state index contributed by atoms with van der Waals surface area (Å²) < 4.78 is 14.7. The van der Waals surface area contributed by atoms with Crippen LogP contribution in [-0.2, 0) is 16.1 Å². The third-order valence-electron chi connectivity index (χ3n) is 3.38. The maximum absolute atomic E-state index is 14.7. The van der Waals surface area contributed by atoms with Crippen LogP contribution < -0.4 is 5.32 Å². The first-order chi connectivity index (χ1) is 8.93. The SMILES string of the molecule is O=C1CC[C@](F)(N2Cc3c(csc3O)C2=O)C(=O)N1. The van der Waals surface area contributed by atoms with Crippen LogP contribution in [0.3, 0.4) is 0 Å². The van der Waals surface area contributed by atoms with E-state index in [1.54, 1.807) is 0 Å². The van der Waals surface area contributed by atoms with E-state index in [0.717, 1.165) is 16.2 Å². The van der Waals surface area contributed by atoms with E-state index in [2.05, 4.69) is 0 Å². The lowest BCUT2D eigenvalue weighted by molar-refractivity contribution is -0.154. The van der Waals surface area contributed by atoms with Crippen LogP contribution >= 0.6 is 11.3 Å². The van der Waals surface area contributed by atoms with Crippen LogP contribution in [0.4, 0.5) is 4.39 Å². The van der Waals surface area contributed by atoms with Gasteiger partial charge in [-0.1, -0.05) is 0 Å². The first kappa shape index (κ1) is 12.1.